The summed E-state index contributed by atoms with van der Waals surface area (Å²) in [6.07, 6.45) is 5.35. The zero-order chi connectivity index (χ0) is 10.5. The molecule has 0 atom stereocenters. The van der Waals surface area contributed by atoms with Gasteiger partial charge in [0.05, 0.1) is 11.6 Å². The van der Waals surface area contributed by atoms with Crippen LogP contribution >= 0.6 is 0 Å². The van der Waals surface area contributed by atoms with Gasteiger partial charge in [0.1, 0.15) is 5.82 Å². The minimum Gasteiger partial charge on any atom is -0.349 e. The van der Waals surface area contributed by atoms with Crippen LogP contribution in [0.1, 0.15) is 17.0 Å². The predicted molar refractivity (Wildman–Crippen MR) is 57.2 cm³/mol. The van der Waals surface area contributed by atoms with E-state index in [1.165, 1.54) is 5.56 Å². The van der Waals surface area contributed by atoms with E-state index in [9.17, 15) is 0 Å². The molecule has 1 aromatic heterocycles. The summed E-state index contributed by atoms with van der Waals surface area (Å²) in [6.45, 7) is 0. The summed E-state index contributed by atoms with van der Waals surface area (Å²) in [5.74, 6) is 0.984. The minimum atomic E-state index is 0.715. The van der Waals surface area contributed by atoms with E-state index < -0.39 is 0 Å². The second kappa shape index (κ2) is 4.43. The predicted octanol–water partition coefficient (Wildman–Crippen LogP) is 2.07. The molecule has 0 aliphatic heterocycles. The van der Waals surface area contributed by atoms with Crippen molar-refractivity contribution in [3.63, 3.8) is 0 Å². The Hall–Kier alpha value is -2.08. The molecule has 0 spiro atoms. The van der Waals surface area contributed by atoms with E-state index in [4.69, 9.17) is 5.26 Å². The number of hydrogen-bond acceptors (Lipinski definition) is 2. The number of imidazole rings is 1. The third kappa shape index (κ3) is 2.44. The molecular formula is C12H11N3. The Morgan fingerprint density at radius 2 is 2.27 bits per heavy atom. The summed E-state index contributed by atoms with van der Waals surface area (Å²) in [5, 5.41) is 8.75. The number of rotatable bonds is 3. The van der Waals surface area contributed by atoms with Crippen LogP contribution in [0.4, 0.5) is 0 Å². The van der Waals surface area contributed by atoms with Crippen LogP contribution in [-0.2, 0) is 12.8 Å². The van der Waals surface area contributed by atoms with Gasteiger partial charge in [-0.2, -0.15) is 5.26 Å². The molecule has 0 radical (unpaired) electrons. The molecule has 2 rings (SSSR count). The lowest BCUT2D eigenvalue weighted by molar-refractivity contribution is 0.884. The largest absolute Gasteiger partial charge is 0.349 e. The Morgan fingerprint density at radius 3 is 3.00 bits per heavy atom. The van der Waals surface area contributed by atoms with E-state index in [0.717, 1.165) is 18.7 Å². The van der Waals surface area contributed by atoms with Gasteiger partial charge in [-0.3, -0.25) is 0 Å². The van der Waals surface area contributed by atoms with Crippen LogP contribution < -0.4 is 0 Å². The van der Waals surface area contributed by atoms with E-state index in [1.807, 2.05) is 30.5 Å². The highest BCUT2D eigenvalue weighted by molar-refractivity contribution is 5.32. The summed E-state index contributed by atoms with van der Waals surface area (Å²) < 4.78 is 0. The minimum absolute atomic E-state index is 0.715. The normalized spacial score (nSPS) is 9.80. The quantitative estimate of drug-likeness (QED) is 0.818. The molecule has 0 aliphatic rings. The fourth-order valence-electron chi connectivity index (χ4n) is 1.49. The smallest absolute Gasteiger partial charge is 0.106 e. The molecule has 0 fully saturated rings. The molecule has 3 nitrogen and oxygen atoms in total. The number of hydrogen-bond donors (Lipinski definition) is 1. The van der Waals surface area contributed by atoms with Gasteiger partial charge in [0.2, 0.25) is 0 Å². The van der Waals surface area contributed by atoms with Crippen LogP contribution in [-0.4, -0.2) is 9.97 Å². The number of H-pyrrole nitrogens is 1. The summed E-state index contributed by atoms with van der Waals surface area (Å²) in [7, 11) is 0. The summed E-state index contributed by atoms with van der Waals surface area (Å²) in [4.78, 5) is 7.21. The molecule has 15 heavy (non-hydrogen) atoms. The standard InChI is InChI=1S/C12H11N3/c13-9-11-3-1-2-10(8-11)4-5-12-14-6-7-15-12/h1-3,6-8H,4-5H2,(H,14,15). The van der Waals surface area contributed by atoms with Crippen LogP contribution in [0.2, 0.25) is 0 Å². The number of aromatic nitrogens is 2. The third-order valence-electron chi connectivity index (χ3n) is 2.26. The molecular weight excluding hydrogens is 186 g/mol. The lowest BCUT2D eigenvalue weighted by Crippen LogP contribution is -1.93. The van der Waals surface area contributed by atoms with Crippen molar-refractivity contribution < 1.29 is 0 Å². The molecule has 3 heteroatoms. The fraction of sp³-hybridized carbons (Fsp3) is 0.167. The molecule has 0 aliphatic carbocycles. The second-order valence-electron chi connectivity index (χ2n) is 3.35. The van der Waals surface area contributed by atoms with Crippen molar-refractivity contribution in [1.82, 2.24) is 9.97 Å². The fourth-order valence-corrected chi connectivity index (χ4v) is 1.49. The van der Waals surface area contributed by atoms with E-state index in [-0.39, 0.29) is 0 Å². The van der Waals surface area contributed by atoms with Gasteiger partial charge >= 0.3 is 0 Å². The van der Waals surface area contributed by atoms with Gasteiger partial charge in [0, 0.05) is 18.8 Å². The molecule has 0 unspecified atom stereocenters. The monoisotopic (exact) mass is 197 g/mol. The van der Waals surface area contributed by atoms with Crippen molar-refractivity contribution in [2.24, 2.45) is 0 Å². The van der Waals surface area contributed by atoms with Crippen molar-refractivity contribution in [2.75, 3.05) is 0 Å². The first-order valence-electron chi connectivity index (χ1n) is 4.86. The van der Waals surface area contributed by atoms with E-state index in [1.54, 1.807) is 6.20 Å². The molecule has 74 valence electrons. The van der Waals surface area contributed by atoms with Crippen LogP contribution in [0.3, 0.4) is 0 Å². The zero-order valence-corrected chi connectivity index (χ0v) is 8.27. The Morgan fingerprint density at radius 1 is 1.33 bits per heavy atom. The Kier molecular flexibility index (Phi) is 2.80. The Bertz CT molecular complexity index is 466. The topological polar surface area (TPSA) is 52.5 Å². The highest BCUT2D eigenvalue weighted by Crippen LogP contribution is 2.07. The highest BCUT2D eigenvalue weighted by Gasteiger charge is 1.98. The second-order valence-corrected chi connectivity index (χ2v) is 3.35. The van der Waals surface area contributed by atoms with Crippen LogP contribution in [0.5, 0.6) is 0 Å². The first kappa shape index (κ1) is 9.47. The lowest BCUT2D eigenvalue weighted by Gasteiger charge is -1.99. The van der Waals surface area contributed by atoms with E-state index in [2.05, 4.69) is 16.0 Å². The van der Waals surface area contributed by atoms with Gasteiger partial charge in [-0.25, -0.2) is 4.98 Å². The van der Waals surface area contributed by atoms with Crippen LogP contribution in [0.15, 0.2) is 36.7 Å². The van der Waals surface area contributed by atoms with Crippen LogP contribution in [0, 0.1) is 11.3 Å². The molecule has 0 saturated heterocycles. The number of nitriles is 1. The molecule has 1 aromatic carbocycles. The van der Waals surface area contributed by atoms with Gasteiger partial charge < -0.3 is 4.98 Å². The number of benzene rings is 1. The number of aromatic amines is 1. The van der Waals surface area contributed by atoms with Crippen molar-refractivity contribution >= 4 is 0 Å². The van der Waals surface area contributed by atoms with Crippen LogP contribution in [0.25, 0.3) is 0 Å². The van der Waals surface area contributed by atoms with Gasteiger partial charge in [-0.1, -0.05) is 12.1 Å². The molecule has 0 saturated carbocycles. The van der Waals surface area contributed by atoms with Gasteiger partial charge in [-0.05, 0) is 24.1 Å². The SMILES string of the molecule is N#Cc1cccc(CCc2ncc[nH]2)c1. The third-order valence-corrected chi connectivity index (χ3v) is 2.26. The Balaban J connectivity index is 2.02. The maximum atomic E-state index is 8.75. The maximum Gasteiger partial charge on any atom is 0.106 e. The summed E-state index contributed by atoms with van der Waals surface area (Å²) in [5.41, 5.74) is 1.89. The van der Waals surface area contributed by atoms with Crippen molar-refractivity contribution in [2.45, 2.75) is 12.8 Å². The first-order valence-corrected chi connectivity index (χ1v) is 4.86. The molecule has 1 N–H and O–H groups in total. The van der Waals surface area contributed by atoms with Gasteiger partial charge in [-0.15, -0.1) is 0 Å². The highest BCUT2D eigenvalue weighted by atomic mass is 14.9. The first-order chi connectivity index (χ1) is 7.38. The molecule has 2 aromatic rings. The molecule has 0 bridgehead atoms. The summed E-state index contributed by atoms with van der Waals surface area (Å²) in [6, 6.07) is 9.82. The lowest BCUT2D eigenvalue weighted by atomic mass is 10.1. The van der Waals surface area contributed by atoms with Crippen molar-refractivity contribution in [1.29, 1.82) is 5.26 Å². The van der Waals surface area contributed by atoms with E-state index >= 15 is 0 Å². The number of nitrogens with one attached hydrogen (secondary N) is 1. The summed E-state index contributed by atoms with van der Waals surface area (Å²) >= 11 is 0. The number of aryl methyl sites for hydroxylation is 2. The molecule has 1 heterocycles. The van der Waals surface area contributed by atoms with E-state index in [0.29, 0.717) is 5.56 Å². The van der Waals surface area contributed by atoms with Crippen molar-refractivity contribution in [3.05, 3.63) is 53.6 Å². The Labute approximate surface area is 88.4 Å². The average Bonchev–Trinajstić information content (AvgIpc) is 2.79. The van der Waals surface area contributed by atoms with Crippen molar-refractivity contribution in [3.8, 4) is 6.07 Å². The molecule has 0 amide bonds. The number of nitrogens with zero attached hydrogens (tertiary/aromatic N) is 2. The average molecular weight is 197 g/mol. The zero-order valence-electron chi connectivity index (χ0n) is 8.27. The van der Waals surface area contributed by atoms with Gasteiger partial charge in [0.15, 0.2) is 0 Å². The maximum absolute atomic E-state index is 8.75. The van der Waals surface area contributed by atoms with Gasteiger partial charge in [0.25, 0.3) is 0 Å².